The number of amides is 3. The Hall–Kier alpha value is -2.41. The quantitative estimate of drug-likeness (QED) is 0.812. The van der Waals surface area contributed by atoms with Gasteiger partial charge < -0.3 is 16.0 Å². The molecule has 0 aliphatic heterocycles. The lowest BCUT2D eigenvalue weighted by Gasteiger charge is -2.08. The maximum Gasteiger partial charge on any atom is 0.319 e. The van der Waals surface area contributed by atoms with Gasteiger partial charge in [-0.1, -0.05) is 6.07 Å². The Balaban J connectivity index is 1.88. The summed E-state index contributed by atoms with van der Waals surface area (Å²) in [4.78, 5) is 27.9. The van der Waals surface area contributed by atoms with E-state index >= 15 is 0 Å². The van der Waals surface area contributed by atoms with Gasteiger partial charge in [0.15, 0.2) is 0 Å². The predicted molar refractivity (Wildman–Crippen MR) is 83.5 cm³/mol. The Labute approximate surface area is 126 Å². The third-order valence-electron chi connectivity index (χ3n) is 2.53. The van der Waals surface area contributed by atoms with E-state index < -0.39 is 0 Å². The first-order valence-corrected chi connectivity index (χ1v) is 7.18. The lowest BCUT2D eigenvalue weighted by atomic mass is 10.3. The molecule has 0 saturated heterocycles. The molecule has 0 fully saturated rings. The van der Waals surface area contributed by atoms with E-state index in [-0.39, 0.29) is 11.9 Å². The van der Waals surface area contributed by atoms with Crippen molar-refractivity contribution in [2.45, 2.75) is 20.4 Å². The molecule has 2 rings (SSSR count). The fourth-order valence-electron chi connectivity index (χ4n) is 1.71. The Kier molecular flexibility index (Phi) is 4.89. The lowest BCUT2D eigenvalue weighted by Crippen LogP contribution is -2.27. The first-order chi connectivity index (χ1) is 10.0. The third-order valence-corrected chi connectivity index (χ3v) is 3.45. The van der Waals surface area contributed by atoms with Gasteiger partial charge in [0.1, 0.15) is 0 Å². The summed E-state index contributed by atoms with van der Waals surface area (Å²) in [6, 6.07) is 6.65. The maximum absolute atomic E-state index is 11.8. The molecule has 0 atom stereocenters. The number of anilines is 2. The average molecular weight is 304 g/mol. The number of aryl methyl sites for hydroxylation is 1. The highest BCUT2D eigenvalue weighted by molar-refractivity contribution is 7.11. The molecule has 21 heavy (non-hydrogen) atoms. The van der Waals surface area contributed by atoms with Crippen LogP contribution in [0.2, 0.25) is 0 Å². The number of nitrogens with one attached hydrogen (secondary N) is 3. The van der Waals surface area contributed by atoms with Crippen LogP contribution in [0.25, 0.3) is 0 Å². The number of hydrogen-bond acceptors (Lipinski definition) is 4. The van der Waals surface area contributed by atoms with Crippen LogP contribution in [0.15, 0.2) is 30.5 Å². The Morgan fingerprint density at radius 3 is 2.57 bits per heavy atom. The summed E-state index contributed by atoms with van der Waals surface area (Å²) < 4.78 is 0. The molecular weight excluding hydrogens is 288 g/mol. The van der Waals surface area contributed by atoms with Gasteiger partial charge in [0.2, 0.25) is 5.91 Å². The van der Waals surface area contributed by atoms with Crippen molar-refractivity contribution in [3.05, 3.63) is 40.3 Å². The number of hydrogen-bond donors (Lipinski definition) is 3. The van der Waals surface area contributed by atoms with Gasteiger partial charge in [0.25, 0.3) is 0 Å². The third kappa shape index (κ3) is 4.88. The SMILES string of the molecule is CC(=O)Nc1cccc(NC(=O)NCc2cnc(C)s2)c1. The summed E-state index contributed by atoms with van der Waals surface area (Å²) >= 11 is 1.54. The predicted octanol–water partition coefficient (Wildman–Crippen LogP) is 2.73. The minimum absolute atomic E-state index is 0.155. The van der Waals surface area contributed by atoms with Crippen LogP contribution in [-0.2, 0) is 11.3 Å². The standard InChI is InChI=1S/C14H16N4O2S/c1-9(19)17-11-4-3-5-12(6-11)18-14(20)16-8-13-7-15-10(2)21-13/h3-7H,8H2,1-2H3,(H,17,19)(H2,16,18,20). The van der Waals surface area contributed by atoms with Gasteiger partial charge in [-0.25, -0.2) is 9.78 Å². The van der Waals surface area contributed by atoms with E-state index in [1.807, 2.05) is 6.92 Å². The highest BCUT2D eigenvalue weighted by atomic mass is 32.1. The number of thiazole rings is 1. The summed E-state index contributed by atoms with van der Waals surface area (Å²) in [5.74, 6) is -0.155. The van der Waals surface area contributed by atoms with Gasteiger partial charge in [-0.05, 0) is 25.1 Å². The molecule has 2 aromatic rings. The largest absolute Gasteiger partial charge is 0.333 e. The Bertz CT molecular complexity index is 654. The summed E-state index contributed by atoms with van der Waals surface area (Å²) in [5.41, 5.74) is 1.25. The van der Waals surface area contributed by atoms with Crippen molar-refractivity contribution in [2.24, 2.45) is 0 Å². The zero-order chi connectivity index (χ0) is 15.2. The molecule has 1 aromatic carbocycles. The molecule has 0 aliphatic carbocycles. The fraction of sp³-hybridized carbons (Fsp3) is 0.214. The second-order valence-electron chi connectivity index (χ2n) is 4.42. The van der Waals surface area contributed by atoms with Gasteiger partial charge in [-0.3, -0.25) is 4.79 Å². The molecule has 1 heterocycles. The second kappa shape index (κ2) is 6.85. The monoisotopic (exact) mass is 304 g/mol. The van der Waals surface area contributed by atoms with Crippen LogP contribution in [0.5, 0.6) is 0 Å². The van der Waals surface area contributed by atoms with Crippen LogP contribution in [0.1, 0.15) is 16.8 Å². The molecule has 3 amide bonds. The zero-order valence-corrected chi connectivity index (χ0v) is 12.6. The second-order valence-corrected chi connectivity index (χ2v) is 5.73. The molecule has 0 bridgehead atoms. The van der Waals surface area contributed by atoms with Crippen LogP contribution in [-0.4, -0.2) is 16.9 Å². The number of nitrogens with zero attached hydrogens (tertiary/aromatic N) is 1. The summed E-state index contributed by atoms with van der Waals surface area (Å²) in [6.07, 6.45) is 1.75. The summed E-state index contributed by atoms with van der Waals surface area (Å²) in [7, 11) is 0. The first-order valence-electron chi connectivity index (χ1n) is 6.37. The molecule has 1 aromatic heterocycles. The van der Waals surface area contributed by atoms with Crippen LogP contribution >= 0.6 is 11.3 Å². The van der Waals surface area contributed by atoms with E-state index in [2.05, 4.69) is 20.9 Å². The molecule has 0 saturated carbocycles. The van der Waals surface area contributed by atoms with Crippen molar-refractivity contribution >= 4 is 34.6 Å². The number of carbonyl (C=O) groups is 2. The van der Waals surface area contributed by atoms with Gasteiger partial charge in [-0.2, -0.15) is 0 Å². The topological polar surface area (TPSA) is 83.1 Å². The van der Waals surface area contributed by atoms with Gasteiger partial charge in [0, 0.05) is 29.4 Å². The van der Waals surface area contributed by atoms with E-state index in [4.69, 9.17) is 0 Å². The molecule has 7 heteroatoms. The molecule has 0 spiro atoms. The fourth-order valence-corrected chi connectivity index (χ4v) is 2.44. The highest BCUT2D eigenvalue weighted by Crippen LogP contribution is 2.15. The van der Waals surface area contributed by atoms with E-state index in [1.165, 1.54) is 6.92 Å². The van der Waals surface area contributed by atoms with E-state index in [0.717, 1.165) is 9.88 Å². The molecule has 0 aliphatic rings. The summed E-state index contributed by atoms with van der Waals surface area (Å²) in [6.45, 7) is 3.79. The van der Waals surface area contributed by atoms with Gasteiger partial charge in [-0.15, -0.1) is 11.3 Å². The lowest BCUT2D eigenvalue weighted by molar-refractivity contribution is -0.114. The van der Waals surface area contributed by atoms with Crippen molar-refractivity contribution in [3.8, 4) is 0 Å². The van der Waals surface area contributed by atoms with Crippen LogP contribution < -0.4 is 16.0 Å². The Morgan fingerprint density at radius 1 is 1.24 bits per heavy atom. The highest BCUT2D eigenvalue weighted by Gasteiger charge is 2.04. The number of carbonyl (C=O) groups excluding carboxylic acids is 2. The van der Waals surface area contributed by atoms with Crippen LogP contribution in [0.4, 0.5) is 16.2 Å². The Morgan fingerprint density at radius 2 is 1.95 bits per heavy atom. The molecule has 0 unspecified atom stereocenters. The molecule has 3 N–H and O–H groups in total. The van der Waals surface area contributed by atoms with Crippen molar-refractivity contribution in [2.75, 3.05) is 10.6 Å². The van der Waals surface area contributed by atoms with Crippen LogP contribution in [0.3, 0.4) is 0 Å². The average Bonchev–Trinajstić information content (AvgIpc) is 2.82. The van der Waals surface area contributed by atoms with Crippen molar-refractivity contribution < 1.29 is 9.59 Å². The maximum atomic E-state index is 11.8. The summed E-state index contributed by atoms with van der Waals surface area (Å²) in [5, 5.41) is 9.10. The van der Waals surface area contributed by atoms with E-state index in [9.17, 15) is 9.59 Å². The number of benzene rings is 1. The number of urea groups is 1. The van der Waals surface area contributed by atoms with Gasteiger partial charge >= 0.3 is 6.03 Å². The molecule has 110 valence electrons. The van der Waals surface area contributed by atoms with E-state index in [0.29, 0.717) is 17.9 Å². The molecule has 0 radical (unpaired) electrons. The smallest absolute Gasteiger partial charge is 0.319 e. The van der Waals surface area contributed by atoms with Gasteiger partial charge in [0.05, 0.1) is 11.6 Å². The van der Waals surface area contributed by atoms with Crippen LogP contribution in [0, 0.1) is 6.92 Å². The normalized spacial score (nSPS) is 10.0. The number of aromatic nitrogens is 1. The first kappa shape index (κ1) is 15.0. The number of rotatable bonds is 4. The van der Waals surface area contributed by atoms with E-state index in [1.54, 1.807) is 41.8 Å². The van der Waals surface area contributed by atoms with Crippen molar-refractivity contribution in [3.63, 3.8) is 0 Å². The minimum atomic E-state index is -0.305. The molecular formula is C14H16N4O2S. The van der Waals surface area contributed by atoms with Crippen molar-refractivity contribution in [1.29, 1.82) is 0 Å². The zero-order valence-electron chi connectivity index (χ0n) is 11.8. The molecule has 6 nitrogen and oxygen atoms in total. The minimum Gasteiger partial charge on any atom is -0.333 e. The van der Waals surface area contributed by atoms with Crippen molar-refractivity contribution in [1.82, 2.24) is 10.3 Å².